The molecule has 1 fully saturated rings. The molecule has 0 unspecified atom stereocenters. The molecule has 2 aliphatic rings. The monoisotopic (exact) mass is 418 g/mol. The smallest absolute Gasteiger partial charge is 0.456 e. The zero-order valence-electron chi connectivity index (χ0n) is 18.7. The molecule has 0 bridgehead atoms. The van der Waals surface area contributed by atoms with Crippen LogP contribution in [0.3, 0.4) is 0 Å². The van der Waals surface area contributed by atoms with Gasteiger partial charge in [0.25, 0.3) is 0 Å². The van der Waals surface area contributed by atoms with Crippen molar-refractivity contribution in [1.82, 2.24) is 0 Å². The van der Waals surface area contributed by atoms with Crippen LogP contribution >= 0.6 is 0 Å². The zero-order chi connectivity index (χ0) is 21.8. The molecule has 7 rings (SSSR count). The molecule has 1 aromatic heterocycles. The molecule has 4 aromatic carbocycles. The summed E-state index contributed by atoms with van der Waals surface area (Å²) in [4.78, 5) is 0. The van der Waals surface area contributed by atoms with Crippen LogP contribution in [0.4, 0.5) is 0 Å². The minimum atomic E-state index is -0.460. The Labute approximate surface area is 187 Å². The Morgan fingerprint density at radius 1 is 0.625 bits per heavy atom. The van der Waals surface area contributed by atoms with Crippen molar-refractivity contribution >= 4 is 45.3 Å². The number of rotatable bonds is 1. The molecule has 3 nitrogen and oxygen atoms in total. The number of furan rings is 1. The molecule has 156 valence electrons. The van der Waals surface area contributed by atoms with Crippen LogP contribution in [-0.4, -0.2) is 18.3 Å². The lowest BCUT2D eigenvalue weighted by atomic mass is 9.78. The highest BCUT2D eigenvalue weighted by molar-refractivity contribution is 6.65. The van der Waals surface area contributed by atoms with Gasteiger partial charge < -0.3 is 13.7 Å². The van der Waals surface area contributed by atoms with Crippen LogP contribution in [0.25, 0.3) is 55.0 Å². The Hall–Kier alpha value is -3.08. The van der Waals surface area contributed by atoms with Crippen LogP contribution in [0.15, 0.2) is 71.1 Å². The Bertz CT molecular complexity index is 1570. The minimum absolute atomic E-state index is 0.398. The second-order valence-corrected chi connectivity index (χ2v) is 9.99. The van der Waals surface area contributed by atoms with Crippen LogP contribution in [0.1, 0.15) is 27.7 Å². The Morgan fingerprint density at radius 2 is 1.28 bits per heavy atom. The van der Waals surface area contributed by atoms with Crippen LogP contribution in [0, 0.1) is 0 Å². The SMILES string of the molecule is CC1(C)OB(c2cccc3c2oc2c4c(ccc23)-c2cccc3cccc-4c23)OC1(C)C. The molecule has 2 heterocycles. The van der Waals surface area contributed by atoms with Gasteiger partial charge in [0.05, 0.1) is 11.2 Å². The predicted octanol–water partition coefficient (Wildman–Crippen LogP) is 6.69. The van der Waals surface area contributed by atoms with Crippen molar-refractivity contribution in [2.45, 2.75) is 38.9 Å². The topological polar surface area (TPSA) is 31.6 Å². The molecule has 4 heteroatoms. The lowest BCUT2D eigenvalue weighted by molar-refractivity contribution is 0.00578. The van der Waals surface area contributed by atoms with Crippen molar-refractivity contribution < 1.29 is 13.7 Å². The van der Waals surface area contributed by atoms with Crippen molar-refractivity contribution in [1.29, 1.82) is 0 Å². The Morgan fingerprint density at radius 3 is 2.03 bits per heavy atom. The number of benzene rings is 4. The summed E-state index contributed by atoms with van der Waals surface area (Å²) in [5, 5.41) is 4.79. The molecule has 5 aromatic rings. The van der Waals surface area contributed by atoms with Crippen molar-refractivity contribution in [3.8, 4) is 22.3 Å². The largest absolute Gasteiger partial charge is 0.498 e. The summed E-state index contributed by atoms with van der Waals surface area (Å²) in [7, 11) is -0.460. The maximum atomic E-state index is 6.68. The number of para-hydroxylation sites is 1. The van der Waals surface area contributed by atoms with Gasteiger partial charge in [-0.2, -0.15) is 0 Å². The van der Waals surface area contributed by atoms with Gasteiger partial charge in [-0.3, -0.25) is 0 Å². The van der Waals surface area contributed by atoms with E-state index in [0.717, 1.165) is 27.4 Å². The summed E-state index contributed by atoms with van der Waals surface area (Å²) in [5.41, 5.74) is 6.87. The van der Waals surface area contributed by atoms with Gasteiger partial charge in [-0.25, -0.2) is 0 Å². The van der Waals surface area contributed by atoms with E-state index < -0.39 is 18.3 Å². The summed E-state index contributed by atoms with van der Waals surface area (Å²) < 4.78 is 19.4. The summed E-state index contributed by atoms with van der Waals surface area (Å²) >= 11 is 0. The average molecular weight is 418 g/mol. The molecular weight excluding hydrogens is 395 g/mol. The van der Waals surface area contributed by atoms with E-state index in [1.54, 1.807) is 0 Å². The van der Waals surface area contributed by atoms with Crippen molar-refractivity contribution in [2.24, 2.45) is 0 Å². The molecule has 0 spiro atoms. The first kappa shape index (κ1) is 18.5. The summed E-state index contributed by atoms with van der Waals surface area (Å²) in [6.45, 7) is 8.32. The third-order valence-corrected chi connectivity index (χ3v) is 7.67. The van der Waals surface area contributed by atoms with E-state index >= 15 is 0 Å². The highest BCUT2D eigenvalue weighted by Crippen LogP contribution is 2.51. The van der Waals surface area contributed by atoms with E-state index in [4.69, 9.17) is 13.7 Å². The fraction of sp³-hybridized carbons (Fsp3) is 0.214. The summed E-state index contributed by atoms with van der Waals surface area (Å²) in [6, 6.07) is 23.7. The van der Waals surface area contributed by atoms with E-state index in [1.165, 1.54) is 33.0 Å². The Balaban J connectivity index is 1.51. The third kappa shape index (κ3) is 2.19. The highest BCUT2D eigenvalue weighted by atomic mass is 16.7. The van der Waals surface area contributed by atoms with Gasteiger partial charge in [-0.15, -0.1) is 0 Å². The van der Waals surface area contributed by atoms with Gasteiger partial charge in [0.2, 0.25) is 0 Å². The number of fused-ring (bicyclic) bond motifs is 7. The maximum absolute atomic E-state index is 6.68. The molecule has 1 aliphatic carbocycles. The second-order valence-electron chi connectivity index (χ2n) is 9.99. The lowest BCUT2D eigenvalue weighted by Crippen LogP contribution is -2.41. The zero-order valence-corrected chi connectivity index (χ0v) is 18.7. The summed E-state index contributed by atoms with van der Waals surface area (Å²) in [5.74, 6) is 0. The minimum Gasteiger partial charge on any atom is -0.456 e. The molecule has 32 heavy (non-hydrogen) atoms. The second kappa shape index (κ2) is 5.83. The molecule has 1 aliphatic heterocycles. The van der Waals surface area contributed by atoms with Crippen LogP contribution in [0.5, 0.6) is 0 Å². The molecule has 1 saturated heterocycles. The first-order chi connectivity index (χ1) is 15.4. The van der Waals surface area contributed by atoms with Crippen LogP contribution in [0.2, 0.25) is 0 Å². The average Bonchev–Trinajstić information content (AvgIpc) is 3.37. The fourth-order valence-electron chi connectivity index (χ4n) is 5.30. The van der Waals surface area contributed by atoms with Crippen molar-refractivity contribution in [3.63, 3.8) is 0 Å². The fourth-order valence-corrected chi connectivity index (χ4v) is 5.30. The Kier molecular flexibility index (Phi) is 3.37. The van der Waals surface area contributed by atoms with Gasteiger partial charge in [0.1, 0.15) is 11.2 Å². The van der Waals surface area contributed by atoms with Crippen LogP contribution < -0.4 is 5.46 Å². The molecule has 0 radical (unpaired) electrons. The molecular formula is C28H23BO3. The summed E-state index contributed by atoms with van der Waals surface area (Å²) in [6.07, 6.45) is 0. The van der Waals surface area contributed by atoms with E-state index in [-0.39, 0.29) is 0 Å². The first-order valence-corrected chi connectivity index (χ1v) is 11.2. The third-order valence-electron chi connectivity index (χ3n) is 7.67. The number of hydrogen-bond donors (Lipinski definition) is 0. The maximum Gasteiger partial charge on any atom is 0.498 e. The number of hydrogen-bond acceptors (Lipinski definition) is 3. The van der Waals surface area contributed by atoms with Gasteiger partial charge in [0, 0.05) is 21.8 Å². The standard InChI is InChI=1S/C28H23BO3/c1-27(2)28(3,4)32-29(31-27)22-13-7-11-19-20-15-14-18-17-10-5-8-16-9-6-12-21(23(16)17)24(18)26(20)30-25(19)22/h5-15H,1-4H3. The van der Waals surface area contributed by atoms with Crippen molar-refractivity contribution in [2.75, 3.05) is 0 Å². The van der Waals surface area contributed by atoms with Crippen molar-refractivity contribution in [3.05, 3.63) is 66.7 Å². The van der Waals surface area contributed by atoms with E-state index in [2.05, 4.69) is 94.4 Å². The quantitative estimate of drug-likeness (QED) is 0.279. The highest BCUT2D eigenvalue weighted by Gasteiger charge is 2.52. The molecule has 0 amide bonds. The van der Waals surface area contributed by atoms with Gasteiger partial charge in [0.15, 0.2) is 0 Å². The first-order valence-electron chi connectivity index (χ1n) is 11.2. The molecule has 0 atom stereocenters. The molecule has 0 saturated carbocycles. The van der Waals surface area contributed by atoms with E-state index in [9.17, 15) is 0 Å². The van der Waals surface area contributed by atoms with Gasteiger partial charge in [-0.1, -0.05) is 60.7 Å². The van der Waals surface area contributed by atoms with Gasteiger partial charge in [-0.05, 0) is 61.2 Å². The molecule has 0 N–H and O–H groups in total. The van der Waals surface area contributed by atoms with Crippen LogP contribution in [-0.2, 0) is 9.31 Å². The van der Waals surface area contributed by atoms with Gasteiger partial charge >= 0.3 is 7.12 Å². The lowest BCUT2D eigenvalue weighted by Gasteiger charge is -2.32. The van der Waals surface area contributed by atoms with E-state index in [0.29, 0.717) is 0 Å². The van der Waals surface area contributed by atoms with E-state index in [1.807, 2.05) is 0 Å². The predicted molar refractivity (Wildman–Crippen MR) is 131 cm³/mol. The normalized spacial score (nSPS) is 18.2.